The first-order valence-electron chi connectivity index (χ1n) is 7.67. The highest BCUT2D eigenvalue weighted by molar-refractivity contribution is 4.65. The van der Waals surface area contributed by atoms with Gasteiger partial charge in [0.25, 0.3) is 0 Å². The van der Waals surface area contributed by atoms with Gasteiger partial charge in [0.1, 0.15) is 0 Å². The molecule has 0 aliphatic rings. The zero-order valence-electron chi connectivity index (χ0n) is 11.9. The Morgan fingerprint density at radius 2 is 1.12 bits per heavy atom. The Morgan fingerprint density at radius 1 is 0.706 bits per heavy atom. The van der Waals surface area contributed by atoms with Crippen LogP contribution in [0.4, 0.5) is 0 Å². The van der Waals surface area contributed by atoms with Crippen LogP contribution >= 0.6 is 0 Å². The zero-order valence-corrected chi connectivity index (χ0v) is 11.9. The standard InChI is InChI=1S/C15H31NO/c1-3-5-7-9-11-13-15(16-17)14-12-10-8-6-4-2/h15H,3-14H2,1-2H3. The van der Waals surface area contributed by atoms with E-state index >= 15 is 0 Å². The molecule has 0 aromatic rings. The van der Waals surface area contributed by atoms with Crippen molar-refractivity contribution >= 4 is 0 Å². The molecule has 0 radical (unpaired) electrons. The van der Waals surface area contributed by atoms with Gasteiger partial charge in [0, 0.05) is 0 Å². The van der Waals surface area contributed by atoms with Crippen LogP contribution in [-0.2, 0) is 0 Å². The summed E-state index contributed by atoms with van der Waals surface area (Å²) in [4.78, 5) is 10.7. The SMILES string of the molecule is CCCCCCCC(CCCCCCC)N=O. The van der Waals surface area contributed by atoms with Crippen LogP contribution in [-0.4, -0.2) is 6.04 Å². The fraction of sp³-hybridized carbons (Fsp3) is 1.00. The fourth-order valence-electron chi connectivity index (χ4n) is 2.22. The number of nitrogens with zero attached hydrogens (tertiary/aromatic N) is 1. The second kappa shape index (κ2) is 13.7. The van der Waals surface area contributed by atoms with Gasteiger partial charge >= 0.3 is 0 Å². The van der Waals surface area contributed by atoms with Gasteiger partial charge in [0.2, 0.25) is 0 Å². The van der Waals surface area contributed by atoms with Crippen molar-refractivity contribution in [3.8, 4) is 0 Å². The first-order valence-corrected chi connectivity index (χ1v) is 7.67. The Morgan fingerprint density at radius 3 is 1.47 bits per heavy atom. The molecule has 0 saturated heterocycles. The average Bonchev–Trinajstić information content (AvgIpc) is 2.36. The third-order valence-electron chi connectivity index (χ3n) is 3.43. The van der Waals surface area contributed by atoms with Crippen molar-refractivity contribution in [3.63, 3.8) is 0 Å². The molecule has 0 atom stereocenters. The van der Waals surface area contributed by atoms with E-state index in [0.29, 0.717) is 0 Å². The topological polar surface area (TPSA) is 29.4 Å². The normalized spacial score (nSPS) is 11.0. The first kappa shape index (κ1) is 16.6. The molecule has 0 aliphatic carbocycles. The lowest BCUT2D eigenvalue weighted by Crippen LogP contribution is -2.03. The van der Waals surface area contributed by atoms with Crippen LogP contribution in [0, 0.1) is 4.91 Å². The number of hydrogen-bond acceptors (Lipinski definition) is 2. The molecule has 0 spiro atoms. The van der Waals surface area contributed by atoms with Crippen LogP contribution in [0.3, 0.4) is 0 Å². The van der Waals surface area contributed by atoms with Gasteiger partial charge < -0.3 is 0 Å². The molecule has 0 heterocycles. The molecule has 0 rings (SSSR count). The second-order valence-electron chi connectivity index (χ2n) is 5.17. The van der Waals surface area contributed by atoms with E-state index in [1.807, 2.05) is 0 Å². The average molecular weight is 241 g/mol. The Labute approximate surface area is 108 Å². The molecular weight excluding hydrogens is 210 g/mol. The molecule has 0 fully saturated rings. The van der Waals surface area contributed by atoms with Crippen LogP contribution in [0.2, 0.25) is 0 Å². The number of nitroso groups, excluding NO2 is 1. The van der Waals surface area contributed by atoms with Gasteiger partial charge in [-0.15, -0.1) is 0 Å². The molecule has 0 saturated carbocycles. The molecule has 102 valence electrons. The van der Waals surface area contributed by atoms with E-state index in [4.69, 9.17) is 0 Å². The van der Waals surface area contributed by atoms with Crippen molar-refractivity contribution in [1.82, 2.24) is 0 Å². The summed E-state index contributed by atoms with van der Waals surface area (Å²) in [6.07, 6.45) is 14.8. The molecule has 0 aliphatic heterocycles. The van der Waals surface area contributed by atoms with Gasteiger partial charge in [0.15, 0.2) is 0 Å². The molecule has 0 N–H and O–H groups in total. The molecule has 0 aromatic carbocycles. The summed E-state index contributed by atoms with van der Waals surface area (Å²) in [6.45, 7) is 4.46. The summed E-state index contributed by atoms with van der Waals surface area (Å²) >= 11 is 0. The van der Waals surface area contributed by atoms with E-state index in [0.717, 1.165) is 12.8 Å². The Hall–Kier alpha value is -0.400. The molecule has 17 heavy (non-hydrogen) atoms. The highest BCUT2D eigenvalue weighted by Gasteiger charge is 2.07. The largest absolute Gasteiger partial charge is 0.151 e. The van der Waals surface area contributed by atoms with E-state index in [-0.39, 0.29) is 6.04 Å². The van der Waals surface area contributed by atoms with Crippen LogP contribution in [0.1, 0.15) is 90.9 Å². The summed E-state index contributed by atoms with van der Waals surface area (Å²) in [5.74, 6) is 0. The van der Waals surface area contributed by atoms with Gasteiger partial charge in [-0.1, -0.05) is 83.2 Å². The summed E-state index contributed by atoms with van der Waals surface area (Å²) in [6, 6.07) is 0.0956. The third-order valence-corrected chi connectivity index (χ3v) is 3.43. The van der Waals surface area contributed by atoms with Gasteiger partial charge in [0.05, 0.1) is 6.04 Å². The summed E-state index contributed by atoms with van der Waals surface area (Å²) in [5.41, 5.74) is 0. The van der Waals surface area contributed by atoms with E-state index in [9.17, 15) is 4.91 Å². The van der Waals surface area contributed by atoms with Crippen LogP contribution in [0.5, 0.6) is 0 Å². The molecule has 0 bridgehead atoms. The maximum atomic E-state index is 10.7. The molecular formula is C15H31NO. The van der Waals surface area contributed by atoms with E-state index in [1.54, 1.807) is 0 Å². The number of rotatable bonds is 13. The Bertz CT molecular complexity index is 145. The van der Waals surface area contributed by atoms with Gasteiger partial charge in [-0.25, -0.2) is 0 Å². The molecule has 0 aromatic heterocycles. The van der Waals surface area contributed by atoms with Gasteiger partial charge in [-0.2, -0.15) is 4.91 Å². The predicted octanol–water partition coefficient (Wildman–Crippen LogP) is 5.84. The lowest BCUT2D eigenvalue weighted by Gasteiger charge is -2.08. The van der Waals surface area contributed by atoms with E-state index in [1.165, 1.54) is 64.2 Å². The Balaban J connectivity index is 3.33. The van der Waals surface area contributed by atoms with Crippen molar-refractivity contribution < 1.29 is 0 Å². The summed E-state index contributed by atoms with van der Waals surface area (Å²) in [5, 5.41) is 3.27. The van der Waals surface area contributed by atoms with Crippen molar-refractivity contribution in [1.29, 1.82) is 0 Å². The van der Waals surface area contributed by atoms with Crippen LogP contribution in [0.15, 0.2) is 5.18 Å². The maximum absolute atomic E-state index is 10.7. The minimum atomic E-state index is 0.0956. The van der Waals surface area contributed by atoms with Crippen molar-refractivity contribution in [2.24, 2.45) is 5.18 Å². The van der Waals surface area contributed by atoms with Gasteiger partial charge in [-0.05, 0) is 12.8 Å². The number of unbranched alkanes of at least 4 members (excludes halogenated alkanes) is 8. The minimum absolute atomic E-state index is 0.0956. The van der Waals surface area contributed by atoms with E-state index < -0.39 is 0 Å². The Kier molecular flexibility index (Phi) is 13.3. The first-order chi connectivity index (χ1) is 8.35. The third kappa shape index (κ3) is 11.9. The lowest BCUT2D eigenvalue weighted by atomic mass is 10.0. The van der Waals surface area contributed by atoms with Crippen molar-refractivity contribution in [2.45, 2.75) is 96.9 Å². The quantitative estimate of drug-likeness (QED) is 0.294. The molecule has 0 amide bonds. The fourth-order valence-corrected chi connectivity index (χ4v) is 2.22. The molecule has 2 nitrogen and oxygen atoms in total. The van der Waals surface area contributed by atoms with Crippen molar-refractivity contribution in [2.75, 3.05) is 0 Å². The smallest absolute Gasteiger partial charge is 0.0919 e. The van der Waals surface area contributed by atoms with Crippen LogP contribution < -0.4 is 0 Å². The highest BCUT2D eigenvalue weighted by Crippen LogP contribution is 2.15. The van der Waals surface area contributed by atoms with Crippen LogP contribution in [0.25, 0.3) is 0 Å². The maximum Gasteiger partial charge on any atom is 0.0919 e. The van der Waals surface area contributed by atoms with Gasteiger partial charge in [-0.3, -0.25) is 0 Å². The lowest BCUT2D eigenvalue weighted by molar-refractivity contribution is 0.487. The predicted molar refractivity (Wildman–Crippen MR) is 76.3 cm³/mol. The van der Waals surface area contributed by atoms with E-state index in [2.05, 4.69) is 19.0 Å². The zero-order chi connectivity index (χ0) is 12.8. The van der Waals surface area contributed by atoms with Crippen molar-refractivity contribution in [3.05, 3.63) is 4.91 Å². The summed E-state index contributed by atoms with van der Waals surface area (Å²) < 4.78 is 0. The number of hydrogen-bond donors (Lipinski definition) is 0. The summed E-state index contributed by atoms with van der Waals surface area (Å²) in [7, 11) is 0. The molecule has 2 heteroatoms. The highest BCUT2D eigenvalue weighted by atomic mass is 16.3. The molecule has 0 unspecified atom stereocenters. The monoisotopic (exact) mass is 241 g/mol. The second-order valence-corrected chi connectivity index (χ2v) is 5.17. The minimum Gasteiger partial charge on any atom is -0.151 e.